The molecule has 19 heavy (non-hydrogen) atoms. The number of nitrogens with zero attached hydrogens (tertiary/aromatic N) is 2. The number of hydrogen-bond acceptors (Lipinski definition) is 3. The van der Waals surface area contributed by atoms with Crippen LogP contribution in [0.1, 0.15) is 43.6 Å². The van der Waals surface area contributed by atoms with E-state index in [4.69, 9.17) is 0 Å². The Morgan fingerprint density at radius 3 is 2.74 bits per heavy atom. The number of likely N-dealkylation sites (tertiary alicyclic amines) is 1. The summed E-state index contributed by atoms with van der Waals surface area (Å²) in [6.45, 7) is 9.39. The highest BCUT2D eigenvalue weighted by Gasteiger charge is 2.42. The zero-order chi connectivity index (χ0) is 14.2. The van der Waals surface area contributed by atoms with Gasteiger partial charge in [0.25, 0.3) is 0 Å². The van der Waals surface area contributed by atoms with Crippen LogP contribution < -0.4 is 0 Å². The number of aromatic amines is 1. The van der Waals surface area contributed by atoms with Crippen molar-refractivity contribution >= 4 is 5.97 Å². The van der Waals surface area contributed by atoms with Gasteiger partial charge in [-0.25, -0.2) is 0 Å². The lowest BCUT2D eigenvalue weighted by Crippen LogP contribution is -2.45. The van der Waals surface area contributed by atoms with E-state index in [-0.39, 0.29) is 6.04 Å². The van der Waals surface area contributed by atoms with Crippen molar-refractivity contribution in [1.29, 1.82) is 0 Å². The molecule has 0 saturated carbocycles. The highest BCUT2D eigenvalue weighted by atomic mass is 16.4. The first-order valence-corrected chi connectivity index (χ1v) is 6.82. The average molecular weight is 265 g/mol. The number of aryl methyl sites for hydroxylation is 1. The van der Waals surface area contributed by atoms with Crippen LogP contribution in [0, 0.1) is 19.3 Å². The molecule has 0 aromatic carbocycles. The monoisotopic (exact) mass is 265 g/mol. The second-order valence-electron chi connectivity index (χ2n) is 6.08. The van der Waals surface area contributed by atoms with Crippen molar-refractivity contribution in [1.82, 2.24) is 15.1 Å². The third-order valence-corrected chi connectivity index (χ3v) is 4.45. The maximum absolute atomic E-state index is 11.4. The molecule has 0 spiro atoms. The van der Waals surface area contributed by atoms with Gasteiger partial charge in [-0.05, 0) is 52.6 Å². The molecule has 1 atom stereocenters. The first-order chi connectivity index (χ1) is 8.84. The number of aliphatic carboxylic acids is 1. The Balaban J connectivity index is 2.16. The number of carbonyl (C=O) groups is 1. The molecule has 2 N–H and O–H groups in total. The Kier molecular flexibility index (Phi) is 3.67. The normalized spacial score (nSPS) is 20.9. The molecule has 5 nitrogen and oxygen atoms in total. The summed E-state index contributed by atoms with van der Waals surface area (Å²) in [5, 5.41) is 16.7. The van der Waals surface area contributed by atoms with Crippen LogP contribution in [-0.4, -0.2) is 38.8 Å². The van der Waals surface area contributed by atoms with E-state index in [1.807, 2.05) is 20.8 Å². The molecule has 0 aliphatic carbocycles. The van der Waals surface area contributed by atoms with E-state index in [9.17, 15) is 9.90 Å². The average Bonchev–Trinajstić information content (AvgIpc) is 2.91. The highest BCUT2D eigenvalue weighted by molar-refractivity contribution is 5.74. The predicted molar refractivity (Wildman–Crippen MR) is 72.9 cm³/mol. The summed E-state index contributed by atoms with van der Waals surface area (Å²) in [6.07, 6.45) is 2.01. The molecule has 1 aliphatic rings. The van der Waals surface area contributed by atoms with Gasteiger partial charge < -0.3 is 5.11 Å². The lowest BCUT2D eigenvalue weighted by Gasteiger charge is -2.34. The third kappa shape index (κ3) is 2.52. The zero-order valence-electron chi connectivity index (χ0n) is 12.2. The van der Waals surface area contributed by atoms with Gasteiger partial charge in [0.15, 0.2) is 0 Å². The molecule has 0 amide bonds. The Morgan fingerprint density at radius 1 is 1.53 bits per heavy atom. The lowest BCUT2D eigenvalue weighted by atomic mass is 9.83. The number of hydrogen-bond donors (Lipinski definition) is 2. The van der Waals surface area contributed by atoms with Crippen molar-refractivity contribution in [2.45, 2.75) is 53.1 Å². The molecule has 2 heterocycles. The van der Waals surface area contributed by atoms with Crippen LogP contribution in [0.25, 0.3) is 0 Å². The quantitative estimate of drug-likeness (QED) is 0.874. The SMILES string of the molecule is Cc1[nH]nc(CN2CCCC2C(C)(C)C(=O)O)c1C. The van der Waals surface area contributed by atoms with Gasteiger partial charge in [0.1, 0.15) is 0 Å². The molecule has 2 rings (SSSR count). The summed E-state index contributed by atoms with van der Waals surface area (Å²) in [5.41, 5.74) is 2.59. The Morgan fingerprint density at radius 2 is 2.21 bits per heavy atom. The van der Waals surface area contributed by atoms with Crippen molar-refractivity contribution in [3.63, 3.8) is 0 Å². The molecule has 5 heteroatoms. The van der Waals surface area contributed by atoms with E-state index >= 15 is 0 Å². The minimum absolute atomic E-state index is 0.0846. The molecule has 1 aromatic rings. The van der Waals surface area contributed by atoms with Crippen LogP contribution in [0.5, 0.6) is 0 Å². The number of aromatic nitrogens is 2. The summed E-state index contributed by atoms with van der Waals surface area (Å²) in [7, 11) is 0. The van der Waals surface area contributed by atoms with Crippen molar-refractivity contribution in [3.05, 3.63) is 17.0 Å². The fourth-order valence-electron chi connectivity index (χ4n) is 2.86. The number of nitrogens with one attached hydrogen (secondary N) is 1. The molecule has 1 unspecified atom stereocenters. The number of H-pyrrole nitrogens is 1. The maximum Gasteiger partial charge on any atom is 0.310 e. The molecule has 0 bridgehead atoms. The molecular weight excluding hydrogens is 242 g/mol. The fourth-order valence-corrected chi connectivity index (χ4v) is 2.86. The first-order valence-electron chi connectivity index (χ1n) is 6.82. The number of carboxylic acids is 1. The zero-order valence-corrected chi connectivity index (χ0v) is 12.2. The minimum atomic E-state index is -0.723. The van der Waals surface area contributed by atoms with Gasteiger partial charge >= 0.3 is 5.97 Å². The Bertz CT molecular complexity index is 479. The molecule has 106 valence electrons. The summed E-state index contributed by atoms with van der Waals surface area (Å²) in [5.74, 6) is -0.723. The van der Waals surface area contributed by atoms with Crippen LogP contribution in [0.4, 0.5) is 0 Å². The molecular formula is C14H23N3O2. The maximum atomic E-state index is 11.4. The van der Waals surface area contributed by atoms with E-state index < -0.39 is 11.4 Å². The van der Waals surface area contributed by atoms with Gasteiger partial charge in [0.05, 0.1) is 11.1 Å². The topological polar surface area (TPSA) is 69.2 Å². The van der Waals surface area contributed by atoms with Gasteiger partial charge in [0.2, 0.25) is 0 Å². The summed E-state index contributed by atoms with van der Waals surface area (Å²) >= 11 is 0. The smallest absolute Gasteiger partial charge is 0.310 e. The molecule has 1 fully saturated rings. The summed E-state index contributed by atoms with van der Waals surface area (Å²) in [6, 6.07) is 0.0846. The Labute approximate surface area is 114 Å². The number of carboxylic acid groups (broad SMARTS) is 1. The van der Waals surface area contributed by atoms with E-state index in [0.29, 0.717) is 0 Å². The van der Waals surface area contributed by atoms with Crippen molar-refractivity contribution < 1.29 is 9.90 Å². The third-order valence-electron chi connectivity index (χ3n) is 4.45. The van der Waals surface area contributed by atoms with Crippen LogP contribution in [-0.2, 0) is 11.3 Å². The Hall–Kier alpha value is -1.36. The van der Waals surface area contributed by atoms with Crippen LogP contribution in [0.3, 0.4) is 0 Å². The van der Waals surface area contributed by atoms with Gasteiger partial charge in [-0.1, -0.05) is 0 Å². The lowest BCUT2D eigenvalue weighted by molar-refractivity contribution is -0.150. The fraction of sp³-hybridized carbons (Fsp3) is 0.714. The van der Waals surface area contributed by atoms with Crippen molar-refractivity contribution in [3.8, 4) is 0 Å². The second kappa shape index (κ2) is 4.96. The molecule has 0 radical (unpaired) electrons. The standard InChI is InChI=1S/C14H23N3O2/c1-9-10(2)15-16-11(9)8-17-7-5-6-12(17)14(3,4)13(18)19/h12H,5-8H2,1-4H3,(H,15,16)(H,18,19). The summed E-state index contributed by atoms with van der Waals surface area (Å²) in [4.78, 5) is 13.7. The molecule has 1 saturated heterocycles. The predicted octanol–water partition coefficient (Wildman–Crippen LogP) is 2.10. The van der Waals surface area contributed by atoms with E-state index in [1.54, 1.807) is 0 Å². The van der Waals surface area contributed by atoms with Gasteiger partial charge in [-0.3, -0.25) is 14.8 Å². The van der Waals surface area contributed by atoms with Crippen LogP contribution in [0.15, 0.2) is 0 Å². The van der Waals surface area contributed by atoms with Gasteiger partial charge in [0, 0.05) is 18.3 Å². The largest absolute Gasteiger partial charge is 0.481 e. The van der Waals surface area contributed by atoms with Gasteiger partial charge in [-0.2, -0.15) is 5.10 Å². The van der Waals surface area contributed by atoms with Gasteiger partial charge in [-0.15, -0.1) is 0 Å². The van der Waals surface area contributed by atoms with E-state index in [2.05, 4.69) is 22.0 Å². The van der Waals surface area contributed by atoms with E-state index in [0.717, 1.165) is 37.3 Å². The van der Waals surface area contributed by atoms with E-state index in [1.165, 1.54) is 5.56 Å². The van der Waals surface area contributed by atoms with Crippen LogP contribution >= 0.6 is 0 Å². The van der Waals surface area contributed by atoms with Crippen molar-refractivity contribution in [2.24, 2.45) is 5.41 Å². The molecule has 1 aromatic heterocycles. The van der Waals surface area contributed by atoms with Crippen molar-refractivity contribution in [2.75, 3.05) is 6.54 Å². The minimum Gasteiger partial charge on any atom is -0.481 e. The molecule has 1 aliphatic heterocycles. The highest BCUT2D eigenvalue weighted by Crippen LogP contribution is 2.34. The van der Waals surface area contributed by atoms with Crippen LogP contribution in [0.2, 0.25) is 0 Å². The number of rotatable bonds is 4. The second-order valence-corrected chi connectivity index (χ2v) is 6.08. The summed E-state index contributed by atoms with van der Waals surface area (Å²) < 4.78 is 0. The first kappa shape index (κ1) is 14.1.